The molecule has 1 N–H and O–H groups in total. The first-order chi connectivity index (χ1) is 8.91. The lowest BCUT2D eigenvalue weighted by molar-refractivity contribution is 0.520. The zero-order valence-corrected chi connectivity index (χ0v) is 12.6. The van der Waals surface area contributed by atoms with Crippen LogP contribution in [0.4, 0.5) is 5.82 Å². The maximum Gasteiger partial charge on any atom is 0.244 e. The Morgan fingerprint density at radius 1 is 1.47 bits per heavy atom. The monoisotopic (exact) mass is 303 g/mol. The maximum atomic E-state index is 11.9. The summed E-state index contributed by atoms with van der Waals surface area (Å²) in [7, 11) is -0.421. The highest BCUT2D eigenvalue weighted by Crippen LogP contribution is 2.35. The van der Waals surface area contributed by atoms with Crippen molar-refractivity contribution in [2.24, 2.45) is 5.92 Å². The summed E-state index contributed by atoms with van der Waals surface area (Å²) in [6, 6.07) is 3.21. The quantitative estimate of drug-likeness (QED) is 0.814. The minimum absolute atomic E-state index is 0.118. The molecule has 1 aliphatic rings. The predicted molar refractivity (Wildman–Crippen MR) is 76.0 cm³/mol. The number of sulfonamides is 1. The minimum Gasteiger partial charge on any atom is -0.369 e. The molecule has 1 fully saturated rings. The Morgan fingerprint density at radius 2 is 2.16 bits per heavy atom. The molecule has 106 valence electrons. The summed E-state index contributed by atoms with van der Waals surface area (Å²) in [4.78, 5) is 4.29. The molecule has 1 heterocycles. The van der Waals surface area contributed by atoms with Gasteiger partial charge in [-0.3, -0.25) is 0 Å². The van der Waals surface area contributed by atoms with E-state index in [9.17, 15) is 8.42 Å². The third-order valence-corrected chi connectivity index (χ3v) is 5.44. The fraction of sp³-hybridized carbons (Fsp3) is 0.583. The fourth-order valence-electron chi connectivity index (χ4n) is 1.67. The molecule has 2 rings (SSSR count). The second kappa shape index (κ2) is 5.64. The molecule has 19 heavy (non-hydrogen) atoms. The third-order valence-electron chi connectivity index (χ3n) is 3.13. The molecule has 7 heteroatoms. The first-order valence-corrected chi connectivity index (χ1v) is 8.05. The number of nitrogens with one attached hydrogen (secondary N) is 1. The van der Waals surface area contributed by atoms with Crippen molar-refractivity contribution in [1.29, 1.82) is 0 Å². The van der Waals surface area contributed by atoms with E-state index in [4.69, 9.17) is 11.6 Å². The molecule has 1 unspecified atom stereocenters. The lowest BCUT2D eigenvalue weighted by atomic mass is 10.3. The van der Waals surface area contributed by atoms with Crippen molar-refractivity contribution in [3.05, 3.63) is 18.3 Å². The van der Waals surface area contributed by atoms with Crippen molar-refractivity contribution in [3.63, 3.8) is 0 Å². The summed E-state index contributed by atoms with van der Waals surface area (Å²) in [6.07, 6.45) is 3.75. The first kappa shape index (κ1) is 14.6. The van der Waals surface area contributed by atoms with Gasteiger partial charge in [0.1, 0.15) is 10.7 Å². The Balaban J connectivity index is 1.98. The molecule has 1 aromatic rings. The van der Waals surface area contributed by atoms with E-state index in [1.807, 2.05) is 0 Å². The van der Waals surface area contributed by atoms with E-state index in [1.54, 1.807) is 12.1 Å². The molecule has 0 aliphatic heterocycles. The zero-order valence-electron chi connectivity index (χ0n) is 11.0. The van der Waals surface area contributed by atoms with Crippen molar-refractivity contribution in [3.8, 4) is 0 Å². The second-order valence-electron chi connectivity index (χ2n) is 4.90. The molecule has 0 radical (unpaired) electrons. The van der Waals surface area contributed by atoms with Gasteiger partial charge in [-0.05, 0) is 30.9 Å². The largest absolute Gasteiger partial charge is 0.369 e. The summed E-state index contributed by atoms with van der Waals surface area (Å²) < 4.78 is 24.9. The molecule has 1 saturated carbocycles. The molecule has 0 spiro atoms. The van der Waals surface area contributed by atoms with Gasteiger partial charge < -0.3 is 5.32 Å². The van der Waals surface area contributed by atoms with Crippen LogP contribution in [0.3, 0.4) is 0 Å². The Bertz CT molecular complexity index is 526. The van der Waals surface area contributed by atoms with Gasteiger partial charge in [-0.25, -0.2) is 17.7 Å². The van der Waals surface area contributed by atoms with Gasteiger partial charge in [-0.1, -0.05) is 0 Å². The molecule has 1 aromatic heterocycles. The number of alkyl halides is 1. The molecule has 0 aromatic carbocycles. The lowest BCUT2D eigenvalue weighted by Gasteiger charge is -2.12. The normalized spacial score (nSPS) is 17.5. The van der Waals surface area contributed by atoms with Gasteiger partial charge in [0.2, 0.25) is 10.0 Å². The number of rotatable bonds is 6. The topological polar surface area (TPSA) is 62.3 Å². The molecule has 0 saturated heterocycles. The molecular weight excluding hydrogens is 286 g/mol. The SMILES string of the molecule is CN(C)S(=O)(=O)c1ccc(NCC(Cl)C2CC2)nc1. The van der Waals surface area contributed by atoms with E-state index in [-0.39, 0.29) is 10.3 Å². The van der Waals surface area contributed by atoms with Crippen molar-refractivity contribution in [2.45, 2.75) is 23.1 Å². The number of hydrogen-bond acceptors (Lipinski definition) is 4. The van der Waals surface area contributed by atoms with Gasteiger partial charge in [-0.2, -0.15) is 0 Å². The average Bonchev–Trinajstić information content (AvgIpc) is 3.20. The number of aromatic nitrogens is 1. The Morgan fingerprint density at radius 3 is 2.63 bits per heavy atom. The number of halogens is 1. The molecule has 0 amide bonds. The Labute approximate surface area is 119 Å². The van der Waals surface area contributed by atoms with Crippen molar-refractivity contribution >= 4 is 27.4 Å². The highest BCUT2D eigenvalue weighted by atomic mass is 35.5. The van der Waals surface area contributed by atoms with Crippen LogP contribution in [0.5, 0.6) is 0 Å². The minimum atomic E-state index is -3.41. The highest BCUT2D eigenvalue weighted by molar-refractivity contribution is 7.89. The molecular formula is C12H18ClN3O2S. The molecule has 1 atom stereocenters. The van der Waals surface area contributed by atoms with E-state index >= 15 is 0 Å². The van der Waals surface area contributed by atoms with Crippen LogP contribution in [0.2, 0.25) is 0 Å². The average molecular weight is 304 g/mol. The van der Waals surface area contributed by atoms with Crippen LogP contribution in [0.1, 0.15) is 12.8 Å². The van der Waals surface area contributed by atoms with Crippen molar-refractivity contribution in [2.75, 3.05) is 26.0 Å². The summed E-state index contributed by atoms with van der Waals surface area (Å²) >= 11 is 6.18. The van der Waals surface area contributed by atoms with Crippen LogP contribution >= 0.6 is 11.6 Å². The van der Waals surface area contributed by atoms with Crippen LogP contribution in [0.25, 0.3) is 0 Å². The first-order valence-electron chi connectivity index (χ1n) is 6.18. The van der Waals surface area contributed by atoms with Gasteiger partial charge >= 0.3 is 0 Å². The lowest BCUT2D eigenvalue weighted by Crippen LogP contribution is -2.22. The van der Waals surface area contributed by atoms with E-state index in [1.165, 1.54) is 37.4 Å². The molecule has 0 bridgehead atoms. The maximum absolute atomic E-state index is 11.9. The van der Waals surface area contributed by atoms with Gasteiger partial charge in [0.15, 0.2) is 0 Å². The number of pyridine rings is 1. The fourth-order valence-corrected chi connectivity index (χ4v) is 2.85. The number of hydrogen-bond donors (Lipinski definition) is 1. The van der Waals surface area contributed by atoms with Crippen molar-refractivity contribution in [1.82, 2.24) is 9.29 Å². The predicted octanol–water partition coefficient (Wildman–Crippen LogP) is 1.76. The number of nitrogens with zero attached hydrogens (tertiary/aromatic N) is 2. The highest BCUT2D eigenvalue weighted by Gasteiger charge is 2.29. The van der Waals surface area contributed by atoms with Gasteiger partial charge in [-0.15, -0.1) is 11.6 Å². The van der Waals surface area contributed by atoms with E-state index in [0.29, 0.717) is 18.3 Å². The summed E-state index contributed by atoms with van der Waals surface area (Å²) in [6.45, 7) is 0.652. The van der Waals surface area contributed by atoms with Gasteiger partial charge in [0, 0.05) is 26.8 Å². The standard InChI is InChI=1S/C12H18ClN3O2S/c1-16(2)19(17,18)10-5-6-12(14-7-10)15-8-11(13)9-3-4-9/h5-7,9,11H,3-4,8H2,1-2H3,(H,14,15). The van der Waals surface area contributed by atoms with E-state index in [0.717, 1.165) is 0 Å². The van der Waals surface area contributed by atoms with E-state index in [2.05, 4.69) is 10.3 Å². The smallest absolute Gasteiger partial charge is 0.244 e. The summed E-state index contributed by atoms with van der Waals surface area (Å²) in [5, 5.41) is 3.24. The van der Waals surface area contributed by atoms with Gasteiger partial charge in [0.25, 0.3) is 0 Å². The summed E-state index contributed by atoms with van der Waals surface area (Å²) in [5.41, 5.74) is 0. The number of anilines is 1. The Hall–Kier alpha value is -0.850. The third kappa shape index (κ3) is 3.58. The second-order valence-corrected chi connectivity index (χ2v) is 7.61. The molecule has 1 aliphatic carbocycles. The van der Waals surface area contributed by atoms with Crippen LogP contribution < -0.4 is 5.32 Å². The molecule has 5 nitrogen and oxygen atoms in total. The zero-order chi connectivity index (χ0) is 14.0. The van der Waals surface area contributed by atoms with E-state index < -0.39 is 10.0 Å². The Kier molecular flexibility index (Phi) is 4.32. The van der Waals surface area contributed by atoms with Crippen LogP contribution in [-0.2, 0) is 10.0 Å². The van der Waals surface area contributed by atoms with Crippen molar-refractivity contribution < 1.29 is 8.42 Å². The van der Waals surface area contributed by atoms with Crippen LogP contribution in [0.15, 0.2) is 23.2 Å². The summed E-state index contributed by atoms with van der Waals surface area (Å²) in [5.74, 6) is 1.26. The van der Waals surface area contributed by atoms with Gasteiger partial charge in [0.05, 0.1) is 5.38 Å². The van der Waals surface area contributed by atoms with Crippen LogP contribution in [0, 0.1) is 5.92 Å². The van der Waals surface area contributed by atoms with Crippen LogP contribution in [-0.4, -0.2) is 43.7 Å².